The minimum atomic E-state index is 0.667. The molecule has 0 aromatic rings. The molecule has 63 valence electrons. The van der Waals surface area contributed by atoms with Crippen LogP contribution in [0.5, 0.6) is 0 Å². The van der Waals surface area contributed by atoms with Crippen LogP contribution in [0.4, 0.5) is 0 Å². The van der Waals surface area contributed by atoms with Gasteiger partial charge in [-0.1, -0.05) is 27.2 Å². The smallest absolute Gasteiger partial charge is 0.0295 e. The second-order valence-electron chi connectivity index (χ2n) is 4.99. The summed E-state index contributed by atoms with van der Waals surface area (Å²) in [6.07, 6.45) is 5.61. The second-order valence-corrected chi connectivity index (χ2v) is 4.99. The van der Waals surface area contributed by atoms with Crippen LogP contribution in [0.15, 0.2) is 0 Å². The first-order valence-electron chi connectivity index (χ1n) is 4.95. The molecule has 3 aliphatic rings. The molecule has 1 radical (unpaired) electrons. The van der Waals surface area contributed by atoms with E-state index in [0.29, 0.717) is 5.41 Å². The number of hydrogen-bond donors (Lipinski definition) is 0. The third kappa shape index (κ3) is 0.878. The van der Waals surface area contributed by atoms with Crippen molar-refractivity contribution < 1.29 is 0 Å². The topological polar surface area (TPSA) is 0 Å². The molecule has 0 heteroatoms. The van der Waals surface area contributed by atoms with Crippen LogP contribution in [0.2, 0.25) is 0 Å². The van der Waals surface area contributed by atoms with E-state index in [1.807, 2.05) is 0 Å². The van der Waals surface area contributed by atoms with Crippen molar-refractivity contribution in [3.05, 3.63) is 6.92 Å². The molecular weight excluding hydrogens is 132 g/mol. The van der Waals surface area contributed by atoms with Crippen LogP contribution >= 0.6 is 0 Å². The van der Waals surface area contributed by atoms with E-state index in [1.54, 1.807) is 0 Å². The van der Waals surface area contributed by atoms with Crippen LogP contribution in [-0.2, 0) is 0 Å². The summed E-state index contributed by atoms with van der Waals surface area (Å²) < 4.78 is 0. The number of fused-ring (bicyclic) bond motifs is 2. The molecule has 0 saturated heterocycles. The average molecular weight is 151 g/mol. The van der Waals surface area contributed by atoms with E-state index < -0.39 is 0 Å². The molecule has 11 heavy (non-hydrogen) atoms. The Bertz CT molecular complexity index is 155. The summed E-state index contributed by atoms with van der Waals surface area (Å²) in [6.45, 7) is 8.95. The van der Waals surface area contributed by atoms with Crippen LogP contribution in [0, 0.1) is 30.1 Å². The van der Waals surface area contributed by atoms with E-state index in [9.17, 15) is 0 Å². The number of rotatable bonds is 1. The van der Waals surface area contributed by atoms with Crippen molar-refractivity contribution in [3.63, 3.8) is 0 Å². The zero-order chi connectivity index (χ0) is 8.06. The first-order chi connectivity index (χ1) is 5.16. The Balaban J connectivity index is 2.10. The molecule has 0 aliphatic heterocycles. The van der Waals surface area contributed by atoms with Crippen molar-refractivity contribution in [3.8, 4) is 0 Å². The van der Waals surface area contributed by atoms with Gasteiger partial charge < -0.3 is 0 Å². The highest BCUT2D eigenvalue weighted by molar-refractivity contribution is 5.03. The Morgan fingerprint density at radius 3 is 2.45 bits per heavy atom. The predicted molar refractivity (Wildman–Crippen MR) is 48.1 cm³/mol. The van der Waals surface area contributed by atoms with Gasteiger partial charge >= 0.3 is 0 Å². The average Bonchev–Trinajstić information content (AvgIpc) is 2.04. The lowest BCUT2D eigenvalue weighted by atomic mass is 9.45. The fourth-order valence-electron chi connectivity index (χ4n) is 3.31. The summed E-state index contributed by atoms with van der Waals surface area (Å²) >= 11 is 0. The minimum Gasteiger partial charge on any atom is -0.0594 e. The summed E-state index contributed by atoms with van der Waals surface area (Å²) in [6, 6.07) is 0. The van der Waals surface area contributed by atoms with Crippen LogP contribution < -0.4 is 0 Å². The van der Waals surface area contributed by atoms with Gasteiger partial charge in [0.1, 0.15) is 0 Å². The van der Waals surface area contributed by atoms with Crippen LogP contribution in [0.3, 0.4) is 0 Å². The first-order valence-corrected chi connectivity index (χ1v) is 4.95. The fourth-order valence-corrected chi connectivity index (χ4v) is 3.31. The number of hydrogen-bond acceptors (Lipinski definition) is 0. The molecule has 3 rings (SSSR count). The van der Waals surface area contributed by atoms with E-state index >= 15 is 0 Å². The Morgan fingerprint density at radius 1 is 1.36 bits per heavy atom. The van der Waals surface area contributed by atoms with Gasteiger partial charge in [-0.3, -0.25) is 0 Å². The maximum absolute atomic E-state index is 4.05. The van der Waals surface area contributed by atoms with E-state index in [0.717, 1.165) is 17.8 Å². The highest BCUT2D eigenvalue weighted by atomic mass is 14.6. The van der Waals surface area contributed by atoms with E-state index in [2.05, 4.69) is 20.8 Å². The van der Waals surface area contributed by atoms with Crippen molar-refractivity contribution in [1.29, 1.82) is 0 Å². The first kappa shape index (κ1) is 7.64. The molecule has 0 aromatic carbocycles. The lowest BCUT2D eigenvalue weighted by Gasteiger charge is -2.60. The highest BCUT2D eigenvalue weighted by Gasteiger charge is 2.53. The molecular formula is C11H19. The summed E-state index contributed by atoms with van der Waals surface area (Å²) in [5.41, 5.74) is 0.667. The van der Waals surface area contributed by atoms with E-state index in [-0.39, 0.29) is 0 Å². The zero-order valence-electron chi connectivity index (χ0n) is 7.77. The SMILES string of the molecule is [CH2]CC1CCC2CC1C2(C)C. The van der Waals surface area contributed by atoms with Crippen LogP contribution in [-0.4, -0.2) is 0 Å². The van der Waals surface area contributed by atoms with Crippen LogP contribution in [0.1, 0.15) is 39.5 Å². The lowest BCUT2D eigenvalue weighted by Crippen LogP contribution is -2.52. The maximum atomic E-state index is 4.05. The fraction of sp³-hybridized carbons (Fsp3) is 0.909. The molecule has 0 heterocycles. The van der Waals surface area contributed by atoms with Gasteiger partial charge in [0.15, 0.2) is 0 Å². The minimum absolute atomic E-state index is 0.667. The van der Waals surface area contributed by atoms with Gasteiger partial charge in [-0.2, -0.15) is 0 Å². The normalized spacial score (nSPS) is 46.6. The molecule has 0 aromatic heterocycles. The molecule has 0 nitrogen and oxygen atoms in total. The zero-order valence-corrected chi connectivity index (χ0v) is 7.77. The molecule has 3 saturated carbocycles. The van der Waals surface area contributed by atoms with Gasteiger partial charge in [0.05, 0.1) is 0 Å². The van der Waals surface area contributed by atoms with Crippen molar-refractivity contribution in [2.24, 2.45) is 23.2 Å². The van der Waals surface area contributed by atoms with Crippen molar-refractivity contribution in [2.45, 2.75) is 39.5 Å². The molecule has 3 fully saturated rings. The third-order valence-corrected chi connectivity index (χ3v) is 4.37. The summed E-state index contributed by atoms with van der Waals surface area (Å²) in [5.74, 6) is 3.02. The van der Waals surface area contributed by atoms with Gasteiger partial charge in [-0.05, 0) is 42.4 Å². The lowest BCUT2D eigenvalue weighted by molar-refractivity contribution is -0.103. The monoisotopic (exact) mass is 151 g/mol. The van der Waals surface area contributed by atoms with Gasteiger partial charge in [-0.15, -0.1) is 0 Å². The molecule has 0 N–H and O–H groups in total. The van der Waals surface area contributed by atoms with E-state index in [4.69, 9.17) is 0 Å². The molecule has 3 atom stereocenters. The summed E-state index contributed by atoms with van der Waals surface area (Å²) in [4.78, 5) is 0. The molecule has 0 amide bonds. The predicted octanol–water partition coefficient (Wildman–Crippen LogP) is 3.28. The third-order valence-electron chi connectivity index (χ3n) is 4.37. The van der Waals surface area contributed by atoms with Crippen molar-refractivity contribution in [2.75, 3.05) is 0 Å². The Kier molecular flexibility index (Phi) is 1.56. The molecule has 2 bridgehead atoms. The summed E-state index contributed by atoms with van der Waals surface area (Å²) in [5, 5.41) is 0. The Hall–Kier alpha value is 0. The van der Waals surface area contributed by atoms with Gasteiger partial charge in [-0.25, -0.2) is 0 Å². The van der Waals surface area contributed by atoms with Crippen molar-refractivity contribution in [1.82, 2.24) is 0 Å². The maximum Gasteiger partial charge on any atom is -0.0295 e. The van der Waals surface area contributed by atoms with Crippen LogP contribution in [0.25, 0.3) is 0 Å². The standard InChI is InChI=1S/C11H19/c1-4-8-5-6-9-7-10(8)11(9,2)3/h8-10H,1,4-7H2,2-3H3. The van der Waals surface area contributed by atoms with Gasteiger partial charge in [0, 0.05) is 0 Å². The molecule has 0 spiro atoms. The highest BCUT2D eigenvalue weighted by Crippen LogP contribution is 2.61. The Morgan fingerprint density at radius 2 is 2.09 bits per heavy atom. The second kappa shape index (κ2) is 2.24. The quantitative estimate of drug-likeness (QED) is 0.539. The Labute approximate surface area is 70.4 Å². The van der Waals surface area contributed by atoms with E-state index in [1.165, 1.54) is 25.7 Å². The van der Waals surface area contributed by atoms with Crippen molar-refractivity contribution >= 4 is 0 Å². The largest absolute Gasteiger partial charge is 0.0594 e. The van der Waals surface area contributed by atoms with Gasteiger partial charge in [0.2, 0.25) is 0 Å². The van der Waals surface area contributed by atoms with Gasteiger partial charge in [0.25, 0.3) is 0 Å². The molecule has 3 aliphatic carbocycles. The summed E-state index contributed by atoms with van der Waals surface area (Å²) in [7, 11) is 0. The molecule has 3 unspecified atom stereocenters.